The quantitative estimate of drug-likeness (QED) is 0.394. The van der Waals surface area contributed by atoms with Crippen molar-refractivity contribution in [2.45, 2.75) is 0 Å². The van der Waals surface area contributed by atoms with Gasteiger partial charge in [-0.25, -0.2) is 4.79 Å². The van der Waals surface area contributed by atoms with Crippen LogP contribution in [-0.4, -0.2) is 27.2 Å². The standard InChI is InChI=1S/C16H13NO5/c18-12-8-4-7-11(16(21)22)14(12)17-15(20)13(19)9-10-5-2-1-3-6-10/h1-9,18-19H,(H,17,20)(H,21,22). The number of rotatable bonds is 4. The van der Waals surface area contributed by atoms with Crippen molar-refractivity contribution in [2.24, 2.45) is 0 Å². The molecule has 2 aromatic carbocycles. The van der Waals surface area contributed by atoms with E-state index in [9.17, 15) is 19.8 Å². The molecule has 4 N–H and O–H groups in total. The van der Waals surface area contributed by atoms with E-state index in [0.29, 0.717) is 5.56 Å². The van der Waals surface area contributed by atoms with E-state index in [0.717, 1.165) is 0 Å². The number of hydrogen-bond donors (Lipinski definition) is 4. The minimum atomic E-state index is -1.31. The van der Waals surface area contributed by atoms with Crippen LogP contribution in [-0.2, 0) is 4.79 Å². The predicted molar refractivity (Wildman–Crippen MR) is 80.7 cm³/mol. The summed E-state index contributed by atoms with van der Waals surface area (Å²) in [7, 11) is 0. The number of aliphatic hydroxyl groups excluding tert-OH is 1. The van der Waals surface area contributed by atoms with Crippen molar-refractivity contribution in [3.05, 3.63) is 65.4 Å². The van der Waals surface area contributed by atoms with Gasteiger partial charge in [-0.05, 0) is 23.8 Å². The smallest absolute Gasteiger partial charge is 0.337 e. The molecule has 0 heterocycles. The SMILES string of the molecule is O=C(Nc1c(O)cccc1C(=O)O)C(O)=Cc1ccccc1. The Kier molecular flexibility index (Phi) is 4.43. The van der Waals surface area contributed by atoms with E-state index >= 15 is 0 Å². The lowest BCUT2D eigenvalue weighted by Gasteiger charge is -2.09. The minimum absolute atomic E-state index is 0.270. The number of aliphatic hydroxyl groups is 1. The van der Waals surface area contributed by atoms with E-state index in [1.807, 2.05) is 0 Å². The van der Waals surface area contributed by atoms with Crippen molar-refractivity contribution in [2.75, 3.05) is 5.32 Å². The van der Waals surface area contributed by atoms with Crippen molar-refractivity contribution in [3.8, 4) is 5.75 Å². The van der Waals surface area contributed by atoms with E-state index < -0.39 is 23.4 Å². The third-order valence-electron chi connectivity index (χ3n) is 2.85. The molecule has 0 saturated heterocycles. The molecule has 0 aromatic heterocycles. The van der Waals surface area contributed by atoms with Gasteiger partial charge in [-0.3, -0.25) is 4.79 Å². The van der Waals surface area contributed by atoms with Gasteiger partial charge in [0, 0.05) is 0 Å². The molecule has 6 nitrogen and oxygen atoms in total. The van der Waals surface area contributed by atoms with E-state index in [1.54, 1.807) is 30.3 Å². The summed E-state index contributed by atoms with van der Waals surface area (Å²) in [6.07, 6.45) is 1.23. The Morgan fingerprint density at radius 1 is 0.955 bits per heavy atom. The fourth-order valence-electron chi connectivity index (χ4n) is 1.80. The normalized spacial score (nSPS) is 11.0. The molecular weight excluding hydrogens is 286 g/mol. The first-order valence-electron chi connectivity index (χ1n) is 6.31. The first-order chi connectivity index (χ1) is 10.5. The average molecular weight is 299 g/mol. The summed E-state index contributed by atoms with van der Waals surface area (Å²) in [6.45, 7) is 0. The number of carboxylic acids is 1. The van der Waals surface area contributed by atoms with Crippen LogP contribution >= 0.6 is 0 Å². The Morgan fingerprint density at radius 2 is 1.64 bits per heavy atom. The monoisotopic (exact) mass is 299 g/mol. The molecule has 0 aliphatic carbocycles. The number of hydrogen-bond acceptors (Lipinski definition) is 4. The second-order valence-electron chi connectivity index (χ2n) is 4.40. The fraction of sp³-hybridized carbons (Fsp3) is 0. The van der Waals surface area contributed by atoms with Crippen LogP contribution in [0.5, 0.6) is 5.75 Å². The topological polar surface area (TPSA) is 107 Å². The van der Waals surface area contributed by atoms with Crippen molar-refractivity contribution in [1.82, 2.24) is 0 Å². The second-order valence-corrected chi connectivity index (χ2v) is 4.40. The molecule has 2 aromatic rings. The lowest BCUT2D eigenvalue weighted by atomic mass is 10.1. The highest BCUT2D eigenvalue weighted by Gasteiger charge is 2.17. The largest absolute Gasteiger partial charge is 0.506 e. The number of aromatic hydroxyl groups is 1. The molecule has 2 rings (SSSR count). The zero-order valence-electron chi connectivity index (χ0n) is 11.4. The Bertz CT molecular complexity index is 737. The molecule has 0 fully saturated rings. The molecule has 6 heteroatoms. The summed E-state index contributed by atoms with van der Waals surface area (Å²) in [6, 6.07) is 12.4. The number of nitrogens with one attached hydrogen (secondary N) is 1. The van der Waals surface area contributed by atoms with Crippen molar-refractivity contribution < 1.29 is 24.9 Å². The molecule has 0 aliphatic heterocycles. The van der Waals surface area contributed by atoms with Crippen LogP contribution in [0.3, 0.4) is 0 Å². The number of carbonyl (C=O) groups excluding carboxylic acids is 1. The van der Waals surface area contributed by atoms with Crippen LogP contribution in [0.2, 0.25) is 0 Å². The van der Waals surface area contributed by atoms with Gasteiger partial charge < -0.3 is 20.6 Å². The van der Waals surface area contributed by atoms with Crippen molar-refractivity contribution in [1.29, 1.82) is 0 Å². The van der Waals surface area contributed by atoms with Crippen LogP contribution in [0.4, 0.5) is 5.69 Å². The summed E-state index contributed by atoms with van der Waals surface area (Å²) in [4.78, 5) is 23.0. The first kappa shape index (κ1) is 15.1. The number of anilines is 1. The van der Waals surface area contributed by atoms with Crippen LogP contribution in [0.1, 0.15) is 15.9 Å². The predicted octanol–water partition coefficient (Wildman–Crippen LogP) is 2.63. The number of phenols is 1. The van der Waals surface area contributed by atoms with Gasteiger partial charge in [-0.1, -0.05) is 36.4 Å². The highest BCUT2D eigenvalue weighted by atomic mass is 16.4. The van der Waals surface area contributed by atoms with Crippen molar-refractivity contribution in [3.63, 3.8) is 0 Å². The van der Waals surface area contributed by atoms with E-state index in [4.69, 9.17) is 5.11 Å². The zero-order valence-corrected chi connectivity index (χ0v) is 11.4. The summed E-state index contributed by atoms with van der Waals surface area (Å²) < 4.78 is 0. The van der Waals surface area contributed by atoms with Gasteiger partial charge in [0.05, 0.1) is 11.3 Å². The van der Waals surface area contributed by atoms with E-state index in [-0.39, 0.29) is 11.3 Å². The van der Waals surface area contributed by atoms with Gasteiger partial charge in [-0.2, -0.15) is 0 Å². The maximum atomic E-state index is 11.9. The Labute approximate surface area is 126 Å². The number of amides is 1. The number of aromatic carboxylic acids is 1. The summed E-state index contributed by atoms with van der Waals surface area (Å²) in [5.74, 6) is -3.24. The fourth-order valence-corrected chi connectivity index (χ4v) is 1.80. The average Bonchev–Trinajstić information content (AvgIpc) is 2.49. The van der Waals surface area contributed by atoms with Gasteiger partial charge in [0.15, 0.2) is 5.76 Å². The van der Waals surface area contributed by atoms with Gasteiger partial charge in [-0.15, -0.1) is 0 Å². The summed E-state index contributed by atoms with van der Waals surface area (Å²) in [5, 5.41) is 30.7. The third kappa shape index (κ3) is 3.43. The highest BCUT2D eigenvalue weighted by molar-refractivity contribution is 6.09. The maximum Gasteiger partial charge on any atom is 0.337 e. The molecule has 112 valence electrons. The lowest BCUT2D eigenvalue weighted by Crippen LogP contribution is -2.16. The van der Waals surface area contributed by atoms with Crippen molar-refractivity contribution >= 4 is 23.6 Å². The summed E-state index contributed by atoms with van der Waals surface area (Å²) in [5.41, 5.74) is 0.0553. The van der Waals surface area contributed by atoms with E-state index in [1.165, 1.54) is 24.3 Å². The minimum Gasteiger partial charge on any atom is -0.506 e. The zero-order chi connectivity index (χ0) is 16.1. The molecule has 0 bridgehead atoms. The van der Waals surface area contributed by atoms with Crippen LogP contribution < -0.4 is 5.32 Å². The Hall–Kier alpha value is -3.28. The van der Waals surface area contributed by atoms with Gasteiger partial charge >= 0.3 is 5.97 Å². The number of carbonyl (C=O) groups is 2. The van der Waals surface area contributed by atoms with Crippen LogP contribution in [0.15, 0.2) is 54.3 Å². The molecule has 0 radical (unpaired) electrons. The number of phenolic OH excluding ortho intramolecular Hbond substituents is 1. The van der Waals surface area contributed by atoms with Gasteiger partial charge in [0.25, 0.3) is 5.91 Å². The number of benzene rings is 2. The Morgan fingerprint density at radius 3 is 2.27 bits per heavy atom. The van der Waals surface area contributed by atoms with Gasteiger partial charge in [0.1, 0.15) is 5.75 Å². The molecule has 0 aliphatic rings. The highest BCUT2D eigenvalue weighted by Crippen LogP contribution is 2.27. The molecule has 22 heavy (non-hydrogen) atoms. The molecule has 1 amide bonds. The number of carboxylic acid groups (broad SMARTS) is 1. The number of para-hydroxylation sites is 1. The molecular formula is C16H13NO5. The first-order valence-corrected chi connectivity index (χ1v) is 6.31. The van der Waals surface area contributed by atoms with Gasteiger partial charge in [0.2, 0.25) is 0 Å². The lowest BCUT2D eigenvalue weighted by molar-refractivity contribution is -0.115. The molecule has 0 saturated carbocycles. The van der Waals surface area contributed by atoms with Crippen LogP contribution in [0, 0.1) is 0 Å². The van der Waals surface area contributed by atoms with Crippen LogP contribution in [0.25, 0.3) is 6.08 Å². The van der Waals surface area contributed by atoms with E-state index in [2.05, 4.69) is 5.32 Å². The molecule has 0 spiro atoms. The Balaban J connectivity index is 2.26. The second kappa shape index (κ2) is 6.45. The maximum absolute atomic E-state index is 11.9. The third-order valence-corrected chi connectivity index (χ3v) is 2.85. The molecule has 0 unspecified atom stereocenters. The summed E-state index contributed by atoms with van der Waals surface area (Å²) >= 11 is 0. The molecule has 0 atom stereocenters.